The zero-order chi connectivity index (χ0) is 11.6. The highest BCUT2D eigenvalue weighted by atomic mass is 35.5. The lowest BCUT2D eigenvalue weighted by Crippen LogP contribution is -2.17. The van der Waals surface area contributed by atoms with Crippen molar-refractivity contribution < 1.29 is 17.9 Å². The largest absolute Gasteiger partial charge is 0.573 e. The summed E-state index contributed by atoms with van der Waals surface area (Å²) in [7, 11) is 0. The Morgan fingerprint density at radius 2 is 1.93 bits per heavy atom. The van der Waals surface area contributed by atoms with Gasteiger partial charge in [-0.15, -0.1) is 13.2 Å². The van der Waals surface area contributed by atoms with Gasteiger partial charge in [0.25, 0.3) is 0 Å². The SMILES string of the molecule is NCc1cc(Cl)c(OC(F)(F)F)cc1N. The molecule has 84 valence electrons. The van der Waals surface area contributed by atoms with Crippen LogP contribution in [-0.2, 0) is 6.54 Å². The number of rotatable bonds is 2. The van der Waals surface area contributed by atoms with Crippen LogP contribution in [0.25, 0.3) is 0 Å². The molecule has 3 nitrogen and oxygen atoms in total. The summed E-state index contributed by atoms with van der Waals surface area (Å²) >= 11 is 5.55. The van der Waals surface area contributed by atoms with Crippen LogP contribution >= 0.6 is 11.6 Å². The molecule has 0 radical (unpaired) electrons. The van der Waals surface area contributed by atoms with Crippen molar-refractivity contribution in [1.29, 1.82) is 0 Å². The lowest BCUT2D eigenvalue weighted by molar-refractivity contribution is -0.274. The second-order valence-corrected chi connectivity index (χ2v) is 3.14. The number of alkyl halides is 3. The Bertz CT molecular complexity index is 368. The zero-order valence-corrected chi connectivity index (χ0v) is 8.19. The van der Waals surface area contributed by atoms with E-state index in [0.29, 0.717) is 5.56 Å². The van der Waals surface area contributed by atoms with Crippen LogP contribution < -0.4 is 16.2 Å². The number of nitrogens with two attached hydrogens (primary N) is 2. The fourth-order valence-corrected chi connectivity index (χ4v) is 1.21. The maximum atomic E-state index is 11.9. The van der Waals surface area contributed by atoms with E-state index in [1.54, 1.807) is 0 Å². The Balaban J connectivity index is 3.05. The second-order valence-electron chi connectivity index (χ2n) is 2.73. The molecule has 0 heterocycles. The number of hydrogen-bond donors (Lipinski definition) is 2. The van der Waals surface area contributed by atoms with E-state index in [4.69, 9.17) is 23.1 Å². The van der Waals surface area contributed by atoms with Crippen LogP contribution in [0.4, 0.5) is 18.9 Å². The minimum Gasteiger partial charge on any atom is -0.404 e. The Morgan fingerprint density at radius 1 is 1.33 bits per heavy atom. The summed E-state index contributed by atoms with van der Waals surface area (Å²) in [6.45, 7) is 0.0951. The van der Waals surface area contributed by atoms with Gasteiger partial charge in [-0.1, -0.05) is 11.6 Å². The molecule has 7 heteroatoms. The van der Waals surface area contributed by atoms with Gasteiger partial charge in [-0.2, -0.15) is 0 Å². The van der Waals surface area contributed by atoms with E-state index in [0.717, 1.165) is 6.07 Å². The fourth-order valence-electron chi connectivity index (χ4n) is 0.990. The average molecular weight is 241 g/mol. The molecule has 0 amide bonds. The minimum absolute atomic E-state index is 0.0951. The molecule has 0 fully saturated rings. The number of hydrogen-bond acceptors (Lipinski definition) is 3. The van der Waals surface area contributed by atoms with E-state index < -0.39 is 12.1 Å². The maximum Gasteiger partial charge on any atom is 0.573 e. The van der Waals surface area contributed by atoms with Crippen molar-refractivity contribution in [3.8, 4) is 5.75 Å². The molecule has 0 aromatic heterocycles. The summed E-state index contributed by atoms with van der Waals surface area (Å²) < 4.78 is 39.3. The zero-order valence-electron chi connectivity index (χ0n) is 7.44. The van der Waals surface area contributed by atoms with Gasteiger partial charge in [0.2, 0.25) is 0 Å². The standard InChI is InChI=1S/C8H8ClF3N2O/c9-5-1-4(3-13)6(14)2-7(5)15-8(10,11)12/h1-2H,3,13-14H2. The van der Waals surface area contributed by atoms with E-state index in [9.17, 15) is 13.2 Å². The van der Waals surface area contributed by atoms with Gasteiger partial charge in [0.15, 0.2) is 0 Å². The van der Waals surface area contributed by atoms with Gasteiger partial charge in [0.05, 0.1) is 5.02 Å². The Kier molecular flexibility index (Phi) is 3.31. The van der Waals surface area contributed by atoms with Crippen molar-refractivity contribution in [2.75, 3.05) is 5.73 Å². The molecular formula is C8H8ClF3N2O. The van der Waals surface area contributed by atoms with Crippen molar-refractivity contribution in [2.45, 2.75) is 12.9 Å². The molecule has 1 aromatic carbocycles. The van der Waals surface area contributed by atoms with Gasteiger partial charge in [-0.3, -0.25) is 0 Å². The third-order valence-corrected chi connectivity index (χ3v) is 1.93. The third-order valence-electron chi connectivity index (χ3n) is 1.64. The number of nitrogen functional groups attached to an aromatic ring is 1. The van der Waals surface area contributed by atoms with E-state index in [2.05, 4.69) is 4.74 Å². The monoisotopic (exact) mass is 240 g/mol. The summed E-state index contributed by atoms with van der Waals surface area (Å²) in [6.07, 6.45) is -4.79. The molecule has 1 rings (SSSR count). The van der Waals surface area contributed by atoms with Crippen molar-refractivity contribution in [3.05, 3.63) is 22.7 Å². The molecule has 15 heavy (non-hydrogen) atoms. The summed E-state index contributed by atoms with van der Waals surface area (Å²) in [5.41, 5.74) is 11.3. The van der Waals surface area contributed by atoms with Gasteiger partial charge < -0.3 is 16.2 Å². The first-order valence-corrected chi connectivity index (χ1v) is 4.25. The van der Waals surface area contributed by atoms with Crippen molar-refractivity contribution in [3.63, 3.8) is 0 Å². The number of ether oxygens (including phenoxy) is 1. The normalized spacial score (nSPS) is 11.5. The number of benzene rings is 1. The number of anilines is 1. The molecule has 0 unspecified atom stereocenters. The Morgan fingerprint density at radius 3 is 2.40 bits per heavy atom. The Hall–Kier alpha value is -1.14. The topological polar surface area (TPSA) is 61.3 Å². The fraction of sp³-hybridized carbons (Fsp3) is 0.250. The lowest BCUT2D eigenvalue weighted by Gasteiger charge is -2.12. The summed E-state index contributed by atoms with van der Waals surface area (Å²) in [6, 6.07) is 2.25. The summed E-state index contributed by atoms with van der Waals surface area (Å²) in [5.74, 6) is -0.529. The molecule has 0 saturated carbocycles. The van der Waals surface area contributed by atoms with Crippen LogP contribution in [0.2, 0.25) is 5.02 Å². The van der Waals surface area contributed by atoms with E-state index in [-0.39, 0.29) is 17.3 Å². The first-order valence-electron chi connectivity index (χ1n) is 3.87. The summed E-state index contributed by atoms with van der Waals surface area (Å²) in [5, 5.41) is -0.179. The van der Waals surface area contributed by atoms with Crippen molar-refractivity contribution >= 4 is 17.3 Å². The molecule has 4 N–H and O–H groups in total. The quantitative estimate of drug-likeness (QED) is 0.780. The molecule has 0 aliphatic carbocycles. The van der Waals surface area contributed by atoms with Crippen LogP contribution in [0, 0.1) is 0 Å². The van der Waals surface area contributed by atoms with E-state index >= 15 is 0 Å². The van der Waals surface area contributed by atoms with Crippen molar-refractivity contribution in [2.24, 2.45) is 5.73 Å². The average Bonchev–Trinajstić information content (AvgIpc) is 2.08. The molecule has 0 aliphatic rings. The van der Waals surface area contributed by atoms with Crippen LogP contribution in [-0.4, -0.2) is 6.36 Å². The third kappa shape index (κ3) is 3.17. The first kappa shape index (κ1) is 11.9. The highest BCUT2D eigenvalue weighted by molar-refractivity contribution is 6.32. The first-order chi connectivity index (χ1) is 6.83. The molecule has 0 bridgehead atoms. The number of halogens is 4. The van der Waals surface area contributed by atoms with Gasteiger partial charge in [-0.05, 0) is 11.6 Å². The molecule has 0 aliphatic heterocycles. The van der Waals surface area contributed by atoms with Gasteiger partial charge >= 0.3 is 6.36 Å². The molecule has 1 aromatic rings. The highest BCUT2D eigenvalue weighted by Gasteiger charge is 2.32. The Labute approximate surface area is 88.8 Å². The maximum absolute atomic E-state index is 11.9. The van der Waals surface area contributed by atoms with Crippen molar-refractivity contribution in [1.82, 2.24) is 0 Å². The van der Waals surface area contributed by atoms with Gasteiger partial charge in [0.1, 0.15) is 5.75 Å². The second kappa shape index (κ2) is 4.16. The van der Waals surface area contributed by atoms with Crippen LogP contribution in [0.15, 0.2) is 12.1 Å². The lowest BCUT2D eigenvalue weighted by atomic mass is 10.2. The minimum atomic E-state index is -4.79. The molecule has 0 saturated heterocycles. The smallest absolute Gasteiger partial charge is 0.404 e. The predicted molar refractivity (Wildman–Crippen MR) is 50.4 cm³/mol. The highest BCUT2D eigenvalue weighted by Crippen LogP contribution is 2.33. The molecule has 0 atom stereocenters. The molecular weight excluding hydrogens is 233 g/mol. The van der Waals surface area contributed by atoms with Gasteiger partial charge in [0, 0.05) is 18.3 Å². The van der Waals surface area contributed by atoms with Crippen LogP contribution in [0.3, 0.4) is 0 Å². The molecule has 0 spiro atoms. The predicted octanol–water partition coefficient (Wildman–Crippen LogP) is 2.28. The van der Waals surface area contributed by atoms with Crippen LogP contribution in [0.1, 0.15) is 5.56 Å². The van der Waals surface area contributed by atoms with Gasteiger partial charge in [-0.25, -0.2) is 0 Å². The van der Waals surface area contributed by atoms with Crippen LogP contribution in [0.5, 0.6) is 5.75 Å². The summed E-state index contributed by atoms with van der Waals surface area (Å²) in [4.78, 5) is 0. The van der Waals surface area contributed by atoms with E-state index in [1.807, 2.05) is 0 Å². The van der Waals surface area contributed by atoms with E-state index in [1.165, 1.54) is 6.07 Å².